The molecule has 0 fully saturated rings. The molecule has 0 atom stereocenters. The molecule has 0 aliphatic rings. The van der Waals surface area contributed by atoms with Crippen LogP contribution in [0.15, 0.2) is 91.0 Å². The van der Waals surface area contributed by atoms with Crippen LogP contribution in [-0.4, -0.2) is 0 Å². The molecule has 0 amide bonds. The summed E-state index contributed by atoms with van der Waals surface area (Å²) in [5.41, 5.74) is 8.71. The molecule has 150 valence electrons. The quantitative estimate of drug-likeness (QED) is 0.313. The Hall–Kier alpha value is -3.19. The van der Waals surface area contributed by atoms with E-state index < -0.39 is 0 Å². The largest absolute Gasteiger partial charge is 0.206 e. The zero-order valence-electron chi connectivity index (χ0n) is 17.7. The van der Waals surface area contributed by atoms with Crippen molar-refractivity contribution in [2.24, 2.45) is 0 Å². The van der Waals surface area contributed by atoms with Crippen LogP contribution in [0.5, 0.6) is 0 Å². The SMILES string of the molecule is CCc1ccc(-c2ccc(-c3ccc(CCc4ccc(C)cc4)cc3)c(F)c2)cc1. The molecule has 0 aliphatic heterocycles. The Morgan fingerprint density at radius 1 is 0.567 bits per heavy atom. The van der Waals surface area contributed by atoms with Gasteiger partial charge in [-0.1, -0.05) is 97.4 Å². The lowest BCUT2D eigenvalue weighted by atomic mass is 9.97. The topological polar surface area (TPSA) is 0 Å². The molecule has 0 aromatic heterocycles. The van der Waals surface area contributed by atoms with Crippen molar-refractivity contribution in [3.05, 3.63) is 119 Å². The number of rotatable bonds is 6. The van der Waals surface area contributed by atoms with Crippen molar-refractivity contribution < 1.29 is 4.39 Å². The third-order valence-corrected chi connectivity index (χ3v) is 5.75. The number of halogens is 1. The highest BCUT2D eigenvalue weighted by Crippen LogP contribution is 2.28. The third-order valence-electron chi connectivity index (χ3n) is 5.75. The maximum Gasteiger partial charge on any atom is 0.131 e. The minimum atomic E-state index is -0.181. The van der Waals surface area contributed by atoms with Gasteiger partial charge in [-0.05, 0) is 65.6 Å². The fourth-order valence-corrected chi connectivity index (χ4v) is 3.76. The molecule has 0 unspecified atom stereocenters. The van der Waals surface area contributed by atoms with Crippen molar-refractivity contribution in [2.45, 2.75) is 33.1 Å². The molecule has 0 nitrogen and oxygen atoms in total. The maximum absolute atomic E-state index is 14.9. The molecule has 0 saturated carbocycles. The Balaban J connectivity index is 1.47. The Labute approximate surface area is 179 Å². The summed E-state index contributed by atoms with van der Waals surface area (Å²) in [7, 11) is 0. The van der Waals surface area contributed by atoms with Gasteiger partial charge in [-0.2, -0.15) is 0 Å². The molecule has 0 heterocycles. The fraction of sp³-hybridized carbons (Fsp3) is 0.172. The van der Waals surface area contributed by atoms with Crippen molar-refractivity contribution in [3.63, 3.8) is 0 Å². The third kappa shape index (κ3) is 4.68. The first kappa shape index (κ1) is 20.1. The summed E-state index contributed by atoms with van der Waals surface area (Å²) < 4.78 is 14.9. The summed E-state index contributed by atoms with van der Waals surface area (Å²) in [6.45, 7) is 4.24. The van der Waals surface area contributed by atoms with Gasteiger partial charge in [-0.3, -0.25) is 0 Å². The first-order valence-corrected chi connectivity index (χ1v) is 10.7. The molecular weight excluding hydrogens is 367 g/mol. The minimum absolute atomic E-state index is 0.181. The minimum Gasteiger partial charge on any atom is -0.206 e. The van der Waals surface area contributed by atoms with Gasteiger partial charge in [0.1, 0.15) is 5.82 Å². The zero-order chi connectivity index (χ0) is 20.9. The monoisotopic (exact) mass is 394 g/mol. The number of hydrogen-bond donors (Lipinski definition) is 0. The second-order valence-electron chi connectivity index (χ2n) is 7.93. The van der Waals surface area contributed by atoms with Crippen LogP contribution < -0.4 is 0 Å². The van der Waals surface area contributed by atoms with Crippen molar-refractivity contribution in [1.82, 2.24) is 0 Å². The molecule has 1 heteroatoms. The molecule has 0 radical (unpaired) electrons. The molecule has 0 N–H and O–H groups in total. The standard InChI is InChI=1S/C29H27F/c1-3-22-10-14-25(15-11-22)27-18-19-28(29(30)20-27)26-16-12-24(13-17-26)9-8-23-6-4-21(2)5-7-23/h4-7,10-20H,3,8-9H2,1-2H3. The summed E-state index contributed by atoms with van der Waals surface area (Å²) in [6, 6.07) is 30.8. The van der Waals surface area contributed by atoms with Crippen LogP contribution in [0.2, 0.25) is 0 Å². The van der Waals surface area contributed by atoms with E-state index in [2.05, 4.69) is 74.5 Å². The van der Waals surface area contributed by atoms with Gasteiger partial charge in [0, 0.05) is 5.56 Å². The van der Waals surface area contributed by atoms with E-state index in [1.165, 1.54) is 22.3 Å². The van der Waals surface area contributed by atoms with Gasteiger partial charge >= 0.3 is 0 Å². The first-order valence-electron chi connectivity index (χ1n) is 10.7. The number of benzene rings is 4. The summed E-state index contributed by atoms with van der Waals surface area (Å²) in [5.74, 6) is -0.181. The smallest absolute Gasteiger partial charge is 0.131 e. The predicted octanol–water partition coefficient (Wildman–Crippen LogP) is 7.82. The lowest BCUT2D eigenvalue weighted by molar-refractivity contribution is 0.632. The summed E-state index contributed by atoms with van der Waals surface area (Å²) in [5, 5.41) is 0. The molecule has 0 bridgehead atoms. The fourth-order valence-electron chi connectivity index (χ4n) is 3.76. The van der Waals surface area contributed by atoms with Crippen LogP contribution in [0.1, 0.15) is 29.2 Å². The molecule has 4 aromatic carbocycles. The lowest BCUT2D eigenvalue weighted by Crippen LogP contribution is -1.92. The Morgan fingerprint density at radius 3 is 1.63 bits per heavy atom. The van der Waals surface area contributed by atoms with Crippen molar-refractivity contribution in [3.8, 4) is 22.3 Å². The second-order valence-corrected chi connectivity index (χ2v) is 7.93. The van der Waals surface area contributed by atoms with Crippen LogP contribution in [0.25, 0.3) is 22.3 Å². The van der Waals surface area contributed by atoms with Crippen LogP contribution in [0.4, 0.5) is 4.39 Å². The van der Waals surface area contributed by atoms with Gasteiger partial charge in [0.05, 0.1) is 0 Å². The molecule has 4 rings (SSSR count). The molecule has 0 saturated heterocycles. The summed E-state index contributed by atoms with van der Waals surface area (Å²) in [6.07, 6.45) is 3.01. The average molecular weight is 395 g/mol. The Morgan fingerprint density at radius 2 is 1.07 bits per heavy atom. The van der Waals surface area contributed by atoms with Crippen molar-refractivity contribution >= 4 is 0 Å². The van der Waals surface area contributed by atoms with Crippen LogP contribution in [0.3, 0.4) is 0 Å². The Kier molecular flexibility index (Phi) is 6.09. The van der Waals surface area contributed by atoms with E-state index in [1.54, 1.807) is 6.07 Å². The normalized spacial score (nSPS) is 10.9. The van der Waals surface area contributed by atoms with E-state index >= 15 is 0 Å². The van der Waals surface area contributed by atoms with Gasteiger partial charge in [0.25, 0.3) is 0 Å². The highest BCUT2D eigenvalue weighted by molar-refractivity contribution is 5.71. The maximum atomic E-state index is 14.9. The zero-order valence-corrected chi connectivity index (χ0v) is 17.7. The Bertz CT molecular complexity index is 1100. The van der Waals surface area contributed by atoms with E-state index in [9.17, 15) is 4.39 Å². The molecule has 4 aromatic rings. The van der Waals surface area contributed by atoms with E-state index in [1.807, 2.05) is 24.3 Å². The number of hydrogen-bond acceptors (Lipinski definition) is 0. The van der Waals surface area contributed by atoms with Gasteiger partial charge in [-0.25, -0.2) is 4.39 Å². The number of aryl methyl sites for hydroxylation is 4. The average Bonchev–Trinajstić information content (AvgIpc) is 2.79. The highest BCUT2D eigenvalue weighted by Gasteiger charge is 2.08. The van der Waals surface area contributed by atoms with E-state index in [-0.39, 0.29) is 5.82 Å². The lowest BCUT2D eigenvalue weighted by Gasteiger charge is -2.09. The van der Waals surface area contributed by atoms with Gasteiger partial charge in [-0.15, -0.1) is 0 Å². The molecule has 30 heavy (non-hydrogen) atoms. The van der Waals surface area contributed by atoms with Crippen LogP contribution >= 0.6 is 0 Å². The first-order chi connectivity index (χ1) is 14.6. The predicted molar refractivity (Wildman–Crippen MR) is 125 cm³/mol. The summed E-state index contributed by atoms with van der Waals surface area (Å²) in [4.78, 5) is 0. The van der Waals surface area contributed by atoms with E-state index in [0.717, 1.165) is 36.0 Å². The van der Waals surface area contributed by atoms with E-state index in [0.29, 0.717) is 5.56 Å². The van der Waals surface area contributed by atoms with Gasteiger partial charge in [0.15, 0.2) is 0 Å². The van der Waals surface area contributed by atoms with Gasteiger partial charge < -0.3 is 0 Å². The highest BCUT2D eigenvalue weighted by atomic mass is 19.1. The van der Waals surface area contributed by atoms with Crippen molar-refractivity contribution in [1.29, 1.82) is 0 Å². The van der Waals surface area contributed by atoms with Crippen molar-refractivity contribution in [2.75, 3.05) is 0 Å². The van der Waals surface area contributed by atoms with Crippen LogP contribution in [-0.2, 0) is 19.3 Å². The van der Waals surface area contributed by atoms with E-state index in [4.69, 9.17) is 0 Å². The molecule has 0 aliphatic carbocycles. The molecule has 0 spiro atoms. The molecular formula is C29H27F. The van der Waals surface area contributed by atoms with Gasteiger partial charge in [0.2, 0.25) is 0 Å². The summed E-state index contributed by atoms with van der Waals surface area (Å²) >= 11 is 0. The van der Waals surface area contributed by atoms with Crippen LogP contribution in [0, 0.1) is 12.7 Å². The second kappa shape index (κ2) is 9.09.